The first-order valence-corrected chi connectivity index (χ1v) is 19.1. The van der Waals surface area contributed by atoms with Crippen LogP contribution in [0.2, 0.25) is 0 Å². The van der Waals surface area contributed by atoms with Gasteiger partial charge in [-0.25, -0.2) is 19.6 Å². The number of hydrogen-bond acceptors (Lipinski definition) is 4. The molecule has 0 N–H and O–H groups in total. The average Bonchev–Trinajstić information content (AvgIpc) is 3.31. The van der Waals surface area contributed by atoms with Gasteiger partial charge in [-0.3, -0.25) is 0 Å². The Hall–Kier alpha value is -6.40. The third kappa shape index (κ3) is 4.27. The van der Waals surface area contributed by atoms with E-state index in [1.165, 1.54) is 0 Å². The van der Waals surface area contributed by atoms with Gasteiger partial charge in [-0.1, -0.05) is 218 Å². The zero-order chi connectivity index (χ0) is 37.2. The molecule has 56 heavy (non-hydrogen) atoms. The molecule has 268 valence electrons. The maximum Gasteiger partial charge on any atom is 0.179 e. The van der Waals surface area contributed by atoms with Crippen LogP contribution >= 0.6 is 0 Å². The van der Waals surface area contributed by atoms with Gasteiger partial charge in [0.25, 0.3) is 0 Å². The highest BCUT2D eigenvalue weighted by Gasteiger charge is 2.62. The predicted molar refractivity (Wildman–Crippen MR) is 215 cm³/mol. The molecule has 0 spiro atoms. The van der Waals surface area contributed by atoms with Crippen molar-refractivity contribution in [1.29, 1.82) is 0 Å². The van der Waals surface area contributed by atoms with Crippen molar-refractivity contribution in [3.63, 3.8) is 0 Å². The Morgan fingerprint density at radius 3 is 0.482 bits per heavy atom. The van der Waals surface area contributed by atoms with Crippen LogP contribution < -0.4 is 0 Å². The molecule has 6 aliphatic rings. The molecule has 4 aliphatic heterocycles. The van der Waals surface area contributed by atoms with Crippen molar-refractivity contribution in [3.05, 3.63) is 285 Å². The summed E-state index contributed by atoms with van der Waals surface area (Å²) in [4.78, 5) is 25.4. The summed E-state index contributed by atoms with van der Waals surface area (Å²) >= 11 is 0. The van der Waals surface area contributed by atoms with Crippen molar-refractivity contribution < 1.29 is 19.6 Å². The lowest BCUT2D eigenvalue weighted by molar-refractivity contribution is -0.410. The highest BCUT2D eigenvalue weighted by atomic mass is 17.2. The van der Waals surface area contributed by atoms with E-state index in [1.807, 2.05) is 72.8 Å². The van der Waals surface area contributed by atoms with E-state index in [9.17, 15) is 0 Å². The van der Waals surface area contributed by atoms with E-state index in [-0.39, 0.29) is 0 Å². The van der Waals surface area contributed by atoms with E-state index in [0.717, 1.165) is 66.8 Å². The minimum absolute atomic E-state index is 0.773. The molecule has 4 bridgehead atoms. The van der Waals surface area contributed by atoms with Crippen LogP contribution in [0.4, 0.5) is 0 Å². The van der Waals surface area contributed by atoms with Crippen LogP contribution in [0.1, 0.15) is 66.8 Å². The molecule has 0 atom stereocenters. The van der Waals surface area contributed by atoms with Gasteiger partial charge in [0.2, 0.25) is 0 Å². The predicted octanol–water partition coefficient (Wildman–Crippen LogP) is 11.1. The van der Waals surface area contributed by atoms with Crippen LogP contribution in [0.5, 0.6) is 0 Å². The average molecular weight is 725 g/mol. The molecule has 0 aromatic heterocycles. The molecule has 0 saturated heterocycles. The molecule has 8 aromatic rings. The summed E-state index contributed by atoms with van der Waals surface area (Å²) < 4.78 is 0. The van der Waals surface area contributed by atoms with Crippen LogP contribution in [0, 0.1) is 0 Å². The number of benzene rings is 8. The summed E-state index contributed by atoms with van der Waals surface area (Å²) in [6.07, 6.45) is 0. The number of fused-ring (bicyclic) bond motifs is 2. The third-order valence-corrected chi connectivity index (χ3v) is 12.0. The van der Waals surface area contributed by atoms with Crippen molar-refractivity contribution in [2.75, 3.05) is 0 Å². The fourth-order valence-corrected chi connectivity index (χ4v) is 9.71. The summed E-state index contributed by atoms with van der Waals surface area (Å²) in [5, 5.41) is 0. The standard InChI is InChI=1S/2C26H18O2/c2*1-3-11-19(12-4-1)25-21-15-7-9-17-23(21)26(28-27-25,20-13-5-2-6-14-20)24-18-10-8-16-22(24)25/h2*1-18H. The van der Waals surface area contributed by atoms with E-state index in [1.54, 1.807) is 0 Å². The monoisotopic (exact) mass is 724 g/mol. The molecule has 0 radical (unpaired) electrons. The van der Waals surface area contributed by atoms with Crippen LogP contribution in [-0.4, -0.2) is 0 Å². The molecule has 8 aromatic carbocycles. The summed E-state index contributed by atoms with van der Waals surface area (Å²) in [5.41, 5.74) is 10.2. The van der Waals surface area contributed by atoms with Crippen molar-refractivity contribution in [2.24, 2.45) is 0 Å². The molecule has 4 heteroatoms. The summed E-state index contributed by atoms with van der Waals surface area (Å²) in [6, 6.07) is 75.3. The van der Waals surface area contributed by atoms with Gasteiger partial charge >= 0.3 is 0 Å². The zero-order valence-corrected chi connectivity index (χ0v) is 30.4. The van der Waals surface area contributed by atoms with Crippen LogP contribution in [0.3, 0.4) is 0 Å². The van der Waals surface area contributed by atoms with Gasteiger partial charge in [0, 0.05) is 44.5 Å². The van der Waals surface area contributed by atoms with Gasteiger partial charge in [-0.15, -0.1) is 0 Å². The van der Waals surface area contributed by atoms with Crippen molar-refractivity contribution >= 4 is 0 Å². The molecule has 0 saturated carbocycles. The second-order valence-corrected chi connectivity index (χ2v) is 14.7. The molecular weight excluding hydrogens is 689 g/mol. The first-order chi connectivity index (χ1) is 27.7. The Labute approximate surface area is 326 Å². The maximum absolute atomic E-state index is 6.36. The molecular formula is C52H36O4. The van der Waals surface area contributed by atoms with Crippen molar-refractivity contribution in [1.82, 2.24) is 0 Å². The minimum Gasteiger partial charge on any atom is -0.214 e. The Morgan fingerprint density at radius 2 is 0.321 bits per heavy atom. The molecule has 0 fully saturated rings. The van der Waals surface area contributed by atoms with Crippen molar-refractivity contribution in [2.45, 2.75) is 22.4 Å². The normalized spacial score (nSPS) is 24.4. The van der Waals surface area contributed by atoms with Crippen molar-refractivity contribution in [3.8, 4) is 0 Å². The van der Waals surface area contributed by atoms with Gasteiger partial charge in [0.1, 0.15) is 0 Å². The second-order valence-electron chi connectivity index (χ2n) is 14.7. The summed E-state index contributed by atoms with van der Waals surface area (Å²) in [6.45, 7) is 0. The van der Waals surface area contributed by atoms with Gasteiger partial charge in [-0.2, -0.15) is 0 Å². The zero-order valence-electron chi connectivity index (χ0n) is 30.4. The Balaban J connectivity index is 0.000000130. The molecule has 0 amide bonds. The smallest absolute Gasteiger partial charge is 0.179 e. The quantitative estimate of drug-likeness (QED) is 0.169. The van der Waals surface area contributed by atoms with Crippen LogP contribution in [-0.2, 0) is 42.0 Å². The molecule has 14 rings (SSSR count). The van der Waals surface area contributed by atoms with E-state index < -0.39 is 22.4 Å². The van der Waals surface area contributed by atoms with E-state index in [2.05, 4.69) is 146 Å². The first kappa shape index (κ1) is 33.0. The van der Waals surface area contributed by atoms with Gasteiger partial charge in [0.05, 0.1) is 0 Å². The van der Waals surface area contributed by atoms with Gasteiger partial charge in [0.15, 0.2) is 22.4 Å². The molecule has 4 heterocycles. The minimum atomic E-state index is -0.773. The van der Waals surface area contributed by atoms with E-state index in [4.69, 9.17) is 19.6 Å². The first-order valence-electron chi connectivity index (χ1n) is 19.1. The van der Waals surface area contributed by atoms with E-state index >= 15 is 0 Å². The van der Waals surface area contributed by atoms with Crippen LogP contribution in [0.25, 0.3) is 0 Å². The fraction of sp³-hybridized carbons (Fsp3) is 0.0769. The number of hydrogen-bond donors (Lipinski definition) is 0. The summed E-state index contributed by atoms with van der Waals surface area (Å²) in [5.74, 6) is 0. The van der Waals surface area contributed by atoms with Gasteiger partial charge < -0.3 is 0 Å². The SMILES string of the molecule is c1ccc(C23OOC(c4ccccc4)(c4ccccc42)c2ccccc23)cc1.c1ccc(C23OOC(c4ccccc4)(c4ccccc42)c2ccccc23)cc1. The van der Waals surface area contributed by atoms with E-state index in [0.29, 0.717) is 0 Å². The Bertz CT molecular complexity index is 2240. The number of rotatable bonds is 4. The molecule has 4 nitrogen and oxygen atoms in total. The fourth-order valence-electron chi connectivity index (χ4n) is 9.71. The molecule has 2 aliphatic carbocycles. The largest absolute Gasteiger partial charge is 0.214 e. The lowest BCUT2D eigenvalue weighted by Gasteiger charge is -2.53. The molecule has 0 unspecified atom stereocenters. The van der Waals surface area contributed by atoms with Crippen LogP contribution in [0.15, 0.2) is 218 Å². The van der Waals surface area contributed by atoms with Gasteiger partial charge in [-0.05, 0) is 22.3 Å². The lowest BCUT2D eigenvalue weighted by Crippen LogP contribution is -2.53. The lowest BCUT2D eigenvalue weighted by atomic mass is 9.62. The topological polar surface area (TPSA) is 36.9 Å². The Kier molecular flexibility index (Phi) is 7.40. The summed E-state index contributed by atoms with van der Waals surface area (Å²) in [7, 11) is 0. The maximum atomic E-state index is 6.36. The Morgan fingerprint density at radius 1 is 0.179 bits per heavy atom. The second kappa shape index (κ2) is 12.6. The highest BCUT2D eigenvalue weighted by molar-refractivity contribution is 5.68. The highest BCUT2D eigenvalue weighted by Crippen LogP contribution is 2.62. The third-order valence-electron chi connectivity index (χ3n) is 12.0.